The molecular formula is C24H28O4. The molecule has 0 heterocycles. The summed E-state index contributed by atoms with van der Waals surface area (Å²) in [6.45, 7) is 10.8. The highest BCUT2D eigenvalue weighted by Crippen LogP contribution is 2.30. The number of hydrogen-bond donors (Lipinski definition) is 0. The second-order valence-electron chi connectivity index (χ2n) is 6.39. The Morgan fingerprint density at radius 3 is 2.04 bits per heavy atom. The molecule has 0 aliphatic carbocycles. The molecule has 2 aromatic rings. The van der Waals surface area contributed by atoms with Crippen LogP contribution < -0.4 is 14.2 Å². The van der Waals surface area contributed by atoms with Gasteiger partial charge in [0.15, 0.2) is 5.78 Å². The lowest BCUT2D eigenvalue weighted by molar-refractivity contribution is 0.104. The molecule has 0 radical (unpaired) electrons. The van der Waals surface area contributed by atoms with Gasteiger partial charge in [0.2, 0.25) is 0 Å². The summed E-state index contributed by atoms with van der Waals surface area (Å²) in [6.07, 6.45) is 5.11. The number of carbonyl (C=O) groups excluding carboxylic acids is 1. The Hall–Kier alpha value is -3.01. The van der Waals surface area contributed by atoms with Crippen molar-refractivity contribution < 1.29 is 19.0 Å². The van der Waals surface area contributed by atoms with E-state index in [1.807, 2.05) is 18.2 Å². The molecule has 0 aromatic heterocycles. The van der Waals surface area contributed by atoms with Gasteiger partial charge < -0.3 is 14.2 Å². The highest BCUT2D eigenvalue weighted by Gasteiger charge is 2.10. The highest BCUT2D eigenvalue weighted by atomic mass is 16.5. The number of benzene rings is 2. The molecule has 0 atom stereocenters. The van der Waals surface area contributed by atoms with E-state index >= 15 is 0 Å². The van der Waals surface area contributed by atoms with Gasteiger partial charge in [-0.05, 0) is 68.3 Å². The zero-order valence-corrected chi connectivity index (χ0v) is 16.9. The van der Waals surface area contributed by atoms with Crippen LogP contribution in [0.3, 0.4) is 0 Å². The van der Waals surface area contributed by atoms with E-state index in [1.54, 1.807) is 43.3 Å². The van der Waals surface area contributed by atoms with Crippen molar-refractivity contribution in [3.05, 3.63) is 72.0 Å². The van der Waals surface area contributed by atoms with Crippen molar-refractivity contribution in [3.8, 4) is 17.2 Å². The van der Waals surface area contributed by atoms with E-state index in [2.05, 4.69) is 20.4 Å². The zero-order valence-electron chi connectivity index (χ0n) is 16.9. The fourth-order valence-corrected chi connectivity index (χ4v) is 2.51. The van der Waals surface area contributed by atoms with Gasteiger partial charge in [-0.1, -0.05) is 26.5 Å². The van der Waals surface area contributed by atoms with E-state index in [-0.39, 0.29) is 5.78 Å². The van der Waals surface area contributed by atoms with Crippen LogP contribution in [-0.2, 0) is 0 Å². The van der Waals surface area contributed by atoms with Crippen molar-refractivity contribution in [1.29, 1.82) is 0 Å². The fourth-order valence-electron chi connectivity index (χ4n) is 2.51. The molecule has 0 bridgehead atoms. The van der Waals surface area contributed by atoms with Crippen LogP contribution >= 0.6 is 0 Å². The maximum Gasteiger partial charge on any atom is 0.185 e. The minimum atomic E-state index is -0.103. The second-order valence-corrected chi connectivity index (χ2v) is 6.39. The lowest BCUT2D eigenvalue weighted by atomic mass is 10.1. The van der Waals surface area contributed by atoms with Crippen molar-refractivity contribution in [2.45, 2.75) is 33.6 Å². The maximum atomic E-state index is 12.6. The Kier molecular flexibility index (Phi) is 8.35. The monoisotopic (exact) mass is 380 g/mol. The third-order valence-corrected chi connectivity index (χ3v) is 3.78. The molecule has 0 unspecified atom stereocenters. The number of hydrogen-bond acceptors (Lipinski definition) is 4. The van der Waals surface area contributed by atoms with Gasteiger partial charge in [0, 0.05) is 5.56 Å². The summed E-state index contributed by atoms with van der Waals surface area (Å²) in [4.78, 5) is 12.6. The zero-order chi connectivity index (χ0) is 20.4. The van der Waals surface area contributed by atoms with Crippen molar-refractivity contribution in [1.82, 2.24) is 0 Å². The Labute approximate surface area is 167 Å². The fraction of sp³-hybridized carbons (Fsp3) is 0.292. The number of allylic oxidation sites excluding steroid dienone is 2. The first-order valence-corrected chi connectivity index (χ1v) is 9.59. The quantitative estimate of drug-likeness (QED) is 0.269. The van der Waals surface area contributed by atoms with Gasteiger partial charge in [0.25, 0.3) is 0 Å². The molecule has 0 amide bonds. The summed E-state index contributed by atoms with van der Waals surface area (Å²) in [5.41, 5.74) is 1.35. The van der Waals surface area contributed by atoms with Crippen LogP contribution in [0.25, 0.3) is 6.08 Å². The van der Waals surface area contributed by atoms with Gasteiger partial charge in [-0.15, -0.1) is 0 Å². The van der Waals surface area contributed by atoms with Crippen LogP contribution in [0.1, 0.15) is 49.5 Å². The van der Waals surface area contributed by atoms with Gasteiger partial charge in [0.1, 0.15) is 17.2 Å². The van der Waals surface area contributed by atoms with E-state index < -0.39 is 0 Å². The largest absolute Gasteiger partial charge is 0.493 e. The molecule has 4 nitrogen and oxygen atoms in total. The third-order valence-electron chi connectivity index (χ3n) is 3.78. The van der Waals surface area contributed by atoms with Gasteiger partial charge in [-0.2, -0.15) is 0 Å². The van der Waals surface area contributed by atoms with E-state index in [0.29, 0.717) is 41.8 Å². The number of rotatable bonds is 11. The molecule has 2 rings (SSSR count). The van der Waals surface area contributed by atoms with Gasteiger partial charge in [-0.25, -0.2) is 0 Å². The molecule has 0 spiro atoms. The summed E-state index contributed by atoms with van der Waals surface area (Å²) in [5.74, 6) is 2.58. The lowest BCUT2D eigenvalue weighted by Crippen LogP contribution is -2.02. The number of ether oxygens (including phenoxy) is 3. The van der Waals surface area contributed by atoms with E-state index in [4.69, 9.17) is 14.2 Å². The Bertz CT molecular complexity index is 793. The molecular weight excluding hydrogens is 352 g/mol. The molecule has 0 saturated carbocycles. The second kappa shape index (κ2) is 11.0. The lowest BCUT2D eigenvalue weighted by Gasteiger charge is -2.13. The van der Waals surface area contributed by atoms with Gasteiger partial charge in [0.05, 0.1) is 24.5 Å². The molecule has 4 heteroatoms. The van der Waals surface area contributed by atoms with Crippen LogP contribution in [0.4, 0.5) is 0 Å². The molecule has 0 N–H and O–H groups in total. The average Bonchev–Trinajstić information content (AvgIpc) is 2.69. The van der Waals surface area contributed by atoms with Crippen LogP contribution in [0.15, 0.2) is 60.9 Å². The molecule has 2 aromatic carbocycles. The Balaban J connectivity index is 2.22. The predicted molar refractivity (Wildman–Crippen MR) is 113 cm³/mol. The SMILES string of the molecule is C=C(C)Oc1ccc(C(=O)/C=C/c2c(OCCC)cccc2OCCC)cc1. The highest BCUT2D eigenvalue weighted by molar-refractivity contribution is 6.07. The molecule has 28 heavy (non-hydrogen) atoms. The summed E-state index contributed by atoms with van der Waals surface area (Å²) >= 11 is 0. The van der Waals surface area contributed by atoms with E-state index in [9.17, 15) is 4.79 Å². The summed E-state index contributed by atoms with van der Waals surface area (Å²) in [7, 11) is 0. The van der Waals surface area contributed by atoms with Crippen LogP contribution in [0, 0.1) is 0 Å². The van der Waals surface area contributed by atoms with Crippen molar-refractivity contribution in [2.75, 3.05) is 13.2 Å². The molecule has 0 saturated heterocycles. The van der Waals surface area contributed by atoms with Crippen LogP contribution in [0.5, 0.6) is 17.2 Å². The predicted octanol–water partition coefficient (Wildman–Crippen LogP) is 6.07. The first-order valence-electron chi connectivity index (χ1n) is 9.59. The van der Waals surface area contributed by atoms with Crippen molar-refractivity contribution in [3.63, 3.8) is 0 Å². The van der Waals surface area contributed by atoms with E-state index in [0.717, 1.165) is 18.4 Å². The first kappa shape index (κ1) is 21.3. The van der Waals surface area contributed by atoms with Gasteiger partial charge in [-0.3, -0.25) is 4.79 Å². The first-order chi connectivity index (χ1) is 13.5. The smallest absolute Gasteiger partial charge is 0.185 e. The topological polar surface area (TPSA) is 44.8 Å². The maximum absolute atomic E-state index is 12.6. The van der Waals surface area contributed by atoms with Gasteiger partial charge >= 0.3 is 0 Å². The molecule has 0 aliphatic heterocycles. The Morgan fingerprint density at radius 2 is 1.54 bits per heavy atom. The molecule has 0 fully saturated rings. The van der Waals surface area contributed by atoms with Crippen molar-refractivity contribution in [2.24, 2.45) is 0 Å². The van der Waals surface area contributed by atoms with Crippen LogP contribution in [0.2, 0.25) is 0 Å². The summed E-state index contributed by atoms with van der Waals surface area (Å²) in [5, 5.41) is 0. The normalized spacial score (nSPS) is 10.7. The van der Waals surface area contributed by atoms with E-state index in [1.165, 1.54) is 0 Å². The minimum absolute atomic E-state index is 0.103. The molecule has 0 aliphatic rings. The Morgan fingerprint density at radius 1 is 0.964 bits per heavy atom. The molecule has 148 valence electrons. The summed E-state index contributed by atoms with van der Waals surface area (Å²) in [6, 6.07) is 12.7. The van der Waals surface area contributed by atoms with Crippen LogP contribution in [-0.4, -0.2) is 19.0 Å². The average molecular weight is 380 g/mol. The number of carbonyl (C=O) groups is 1. The minimum Gasteiger partial charge on any atom is -0.493 e. The standard InChI is InChI=1S/C24H28O4/c1-5-16-26-23-8-7-9-24(27-17-6-2)21(23)14-15-22(25)19-10-12-20(13-11-19)28-18(3)4/h7-15H,3,5-6,16-17H2,1-2,4H3/b15-14+. The number of ketones is 1. The van der Waals surface area contributed by atoms with Crippen molar-refractivity contribution >= 4 is 11.9 Å². The third kappa shape index (κ3) is 6.31. The summed E-state index contributed by atoms with van der Waals surface area (Å²) < 4.78 is 17.1.